The zero-order valence-electron chi connectivity index (χ0n) is 15.7. The molecule has 1 aromatic carbocycles. The number of piperidine rings is 1. The van der Waals surface area contributed by atoms with Gasteiger partial charge in [0, 0.05) is 18.7 Å². The minimum Gasteiger partial charge on any atom is -0.493 e. The molecular weight excluding hydrogens is 334 g/mol. The Morgan fingerprint density at radius 2 is 1.96 bits per heavy atom. The smallest absolute Gasteiger partial charge is 0.331 e. The standard InChI is InChI=1S/C20H27NO5/c1-4-16-7-5-6-12-21(16)19(22)14-26-20(23)11-9-15-8-10-17(24-2)18(13-15)25-3/h8-11,13,16H,4-7,12,14H2,1-3H3/b11-9+/t16-/m0/s1. The first kappa shape index (κ1) is 19.8. The van der Waals surface area contributed by atoms with Gasteiger partial charge < -0.3 is 19.1 Å². The van der Waals surface area contributed by atoms with E-state index in [1.807, 2.05) is 4.90 Å². The summed E-state index contributed by atoms with van der Waals surface area (Å²) in [7, 11) is 3.11. The summed E-state index contributed by atoms with van der Waals surface area (Å²) in [5, 5.41) is 0. The molecule has 2 rings (SSSR count). The van der Waals surface area contributed by atoms with Gasteiger partial charge in [0.15, 0.2) is 18.1 Å². The zero-order chi connectivity index (χ0) is 18.9. The van der Waals surface area contributed by atoms with E-state index in [0.717, 1.165) is 37.8 Å². The summed E-state index contributed by atoms with van der Waals surface area (Å²) in [5.74, 6) is 0.529. The highest BCUT2D eigenvalue weighted by Crippen LogP contribution is 2.28. The number of amides is 1. The van der Waals surface area contributed by atoms with Gasteiger partial charge in [0.1, 0.15) is 0 Å². The van der Waals surface area contributed by atoms with Gasteiger partial charge in [-0.25, -0.2) is 4.79 Å². The van der Waals surface area contributed by atoms with Crippen molar-refractivity contribution in [3.63, 3.8) is 0 Å². The molecule has 1 heterocycles. The van der Waals surface area contributed by atoms with Crippen molar-refractivity contribution in [1.82, 2.24) is 4.90 Å². The Morgan fingerprint density at radius 1 is 1.19 bits per heavy atom. The van der Waals surface area contributed by atoms with Crippen molar-refractivity contribution in [1.29, 1.82) is 0 Å². The summed E-state index contributed by atoms with van der Waals surface area (Å²) in [5.41, 5.74) is 0.771. The molecule has 0 radical (unpaired) electrons. The molecule has 1 aliphatic heterocycles. The zero-order valence-corrected chi connectivity index (χ0v) is 15.7. The van der Waals surface area contributed by atoms with Crippen molar-refractivity contribution in [2.75, 3.05) is 27.4 Å². The Labute approximate surface area is 154 Å². The Hall–Kier alpha value is -2.50. The molecule has 26 heavy (non-hydrogen) atoms. The highest BCUT2D eigenvalue weighted by Gasteiger charge is 2.25. The second-order valence-corrected chi connectivity index (χ2v) is 6.20. The van der Waals surface area contributed by atoms with Crippen LogP contribution < -0.4 is 9.47 Å². The molecule has 1 aliphatic rings. The lowest BCUT2D eigenvalue weighted by atomic mass is 10.00. The number of carbonyl (C=O) groups is 2. The maximum Gasteiger partial charge on any atom is 0.331 e. The van der Waals surface area contributed by atoms with Crippen molar-refractivity contribution < 1.29 is 23.8 Å². The average molecular weight is 361 g/mol. The number of carbonyl (C=O) groups excluding carboxylic acids is 2. The molecule has 1 aromatic rings. The summed E-state index contributed by atoms with van der Waals surface area (Å²) in [6.45, 7) is 2.61. The van der Waals surface area contributed by atoms with Crippen LogP contribution in [0.25, 0.3) is 6.08 Å². The maximum atomic E-state index is 12.3. The third-order valence-corrected chi connectivity index (χ3v) is 4.58. The Kier molecular flexibility index (Phi) is 7.51. The van der Waals surface area contributed by atoms with Crippen LogP contribution in [0, 0.1) is 0 Å². The van der Waals surface area contributed by atoms with Crippen LogP contribution in [0.4, 0.5) is 0 Å². The van der Waals surface area contributed by atoms with Crippen LogP contribution >= 0.6 is 0 Å². The molecule has 0 unspecified atom stereocenters. The fourth-order valence-electron chi connectivity index (χ4n) is 3.14. The number of esters is 1. The van der Waals surface area contributed by atoms with E-state index in [0.29, 0.717) is 11.5 Å². The lowest BCUT2D eigenvalue weighted by Crippen LogP contribution is -2.45. The molecular formula is C20H27NO5. The molecule has 0 aliphatic carbocycles. The van der Waals surface area contributed by atoms with Crippen LogP contribution in [0.15, 0.2) is 24.3 Å². The highest BCUT2D eigenvalue weighted by molar-refractivity contribution is 5.89. The predicted octanol–water partition coefficient (Wildman–Crippen LogP) is 3.05. The molecule has 0 aromatic heterocycles. The number of rotatable bonds is 7. The summed E-state index contributed by atoms with van der Waals surface area (Å²) in [4.78, 5) is 26.0. The molecule has 1 saturated heterocycles. The van der Waals surface area contributed by atoms with Gasteiger partial charge in [-0.2, -0.15) is 0 Å². The molecule has 142 valence electrons. The lowest BCUT2D eigenvalue weighted by Gasteiger charge is -2.35. The predicted molar refractivity (Wildman–Crippen MR) is 99.2 cm³/mol. The number of hydrogen-bond donors (Lipinski definition) is 0. The SMILES string of the molecule is CC[C@H]1CCCCN1C(=O)COC(=O)/C=C/c1ccc(OC)c(OC)c1. The monoisotopic (exact) mass is 361 g/mol. The number of nitrogens with zero attached hydrogens (tertiary/aromatic N) is 1. The van der Waals surface area contributed by atoms with Gasteiger partial charge in [-0.3, -0.25) is 4.79 Å². The van der Waals surface area contributed by atoms with Crippen molar-refractivity contribution in [3.8, 4) is 11.5 Å². The molecule has 0 saturated carbocycles. The van der Waals surface area contributed by atoms with Gasteiger partial charge in [-0.1, -0.05) is 13.0 Å². The first-order valence-electron chi connectivity index (χ1n) is 8.95. The van der Waals surface area contributed by atoms with E-state index in [9.17, 15) is 9.59 Å². The summed E-state index contributed by atoms with van der Waals surface area (Å²) in [6.07, 6.45) is 7.03. The van der Waals surface area contributed by atoms with Crippen LogP contribution in [-0.2, 0) is 14.3 Å². The summed E-state index contributed by atoms with van der Waals surface area (Å²) in [6, 6.07) is 5.58. The molecule has 1 atom stereocenters. The Bertz CT molecular complexity index is 656. The van der Waals surface area contributed by atoms with Crippen molar-refractivity contribution in [2.24, 2.45) is 0 Å². The van der Waals surface area contributed by atoms with Crippen molar-refractivity contribution in [2.45, 2.75) is 38.6 Å². The Balaban J connectivity index is 1.88. The lowest BCUT2D eigenvalue weighted by molar-refractivity contribution is -0.150. The van der Waals surface area contributed by atoms with Crippen LogP contribution in [0.2, 0.25) is 0 Å². The fraction of sp³-hybridized carbons (Fsp3) is 0.500. The number of likely N-dealkylation sites (tertiary alicyclic amines) is 1. The molecule has 6 heteroatoms. The summed E-state index contributed by atoms with van der Waals surface area (Å²) >= 11 is 0. The van der Waals surface area contributed by atoms with Gasteiger partial charge in [0.05, 0.1) is 14.2 Å². The number of hydrogen-bond acceptors (Lipinski definition) is 5. The minimum absolute atomic E-state index is 0.121. The third kappa shape index (κ3) is 5.25. The third-order valence-electron chi connectivity index (χ3n) is 4.58. The first-order chi connectivity index (χ1) is 12.6. The van der Waals surface area contributed by atoms with Crippen LogP contribution in [0.5, 0.6) is 11.5 Å². The van der Waals surface area contributed by atoms with E-state index in [1.165, 1.54) is 6.08 Å². The molecule has 1 fully saturated rings. The van der Waals surface area contributed by atoms with E-state index >= 15 is 0 Å². The Morgan fingerprint density at radius 3 is 2.65 bits per heavy atom. The van der Waals surface area contributed by atoms with Gasteiger partial charge in [0.2, 0.25) is 0 Å². The first-order valence-corrected chi connectivity index (χ1v) is 8.95. The fourth-order valence-corrected chi connectivity index (χ4v) is 3.14. The van der Waals surface area contributed by atoms with Gasteiger partial charge >= 0.3 is 5.97 Å². The highest BCUT2D eigenvalue weighted by atomic mass is 16.5. The van der Waals surface area contributed by atoms with E-state index in [2.05, 4.69) is 6.92 Å². The number of methoxy groups -OCH3 is 2. The molecule has 0 bridgehead atoms. The second-order valence-electron chi connectivity index (χ2n) is 6.20. The van der Waals surface area contributed by atoms with Crippen LogP contribution in [0.1, 0.15) is 38.2 Å². The van der Waals surface area contributed by atoms with E-state index in [4.69, 9.17) is 14.2 Å². The maximum absolute atomic E-state index is 12.3. The second kappa shape index (κ2) is 9.85. The van der Waals surface area contributed by atoms with Gasteiger partial charge in [-0.05, 0) is 49.5 Å². The van der Waals surface area contributed by atoms with E-state index in [1.54, 1.807) is 38.5 Å². The normalized spacial score (nSPS) is 17.2. The van der Waals surface area contributed by atoms with Crippen molar-refractivity contribution in [3.05, 3.63) is 29.8 Å². The van der Waals surface area contributed by atoms with Crippen LogP contribution in [-0.4, -0.2) is 50.2 Å². The van der Waals surface area contributed by atoms with Crippen LogP contribution in [0.3, 0.4) is 0 Å². The minimum atomic E-state index is -0.543. The number of ether oxygens (including phenoxy) is 3. The molecule has 0 spiro atoms. The van der Waals surface area contributed by atoms with E-state index < -0.39 is 5.97 Å². The average Bonchev–Trinajstić information content (AvgIpc) is 2.69. The summed E-state index contributed by atoms with van der Waals surface area (Å²) < 4.78 is 15.5. The van der Waals surface area contributed by atoms with E-state index in [-0.39, 0.29) is 18.6 Å². The number of benzene rings is 1. The topological polar surface area (TPSA) is 65.1 Å². The van der Waals surface area contributed by atoms with Crippen molar-refractivity contribution >= 4 is 18.0 Å². The largest absolute Gasteiger partial charge is 0.493 e. The van der Waals surface area contributed by atoms with Gasteiger partial charge in [0.25, 0.3) is 5.91 Å². The van der Waals surface area contributed by atoms with Gasteiger partial charge in [-0.15, -0.1) is 0 Å². The molecule has 0 N–H and O–H groups in total. The molecule has 6 nitrogen and oxygen atoms in total. The quantitative estimate of drug-likeness (QED) is 0.552. The molecule has 1 amide bonds.